The maximum absolute atomic E-state index is 10.6. The van der Waals surface area contributed by atoms with Crippen molar-refractivity contribution in [3.8, 4) is 23.0 Å². The number of carbonyl (C=O) groups is 1. The summed E-state index contributed by atoms with van der Waals surface area (Å²) >= 11 is 0. The molecule has 230 valence electrons. The molecule has 0 radical (unpaired) electrons. The predicted octanol–water partition coefficient (Wildman–Crippen LogP) is 7.93. The van der Waals surface area contributed by atoms with Crippen LogP contribution in [0.2, 0.25) is 0 Å². The molecule has 1 aliphatic rings. The third-order valence-corrected chi connectivity index (χ3v) is 6.53. The van der Waals surface area contributed by atoms with Crippen molar-refractivity contribution in [1.82, 2.24) is 0 Å². The summed E-state index contributed by atoms with van der Waals surface area (Å²) in [5.41, 5.74) is 11.2. The first-order valence-corrected chi connectivity index (χ1v) is 15.0. The van der Waals surface area contributed by atoms with Crippen LogP contribution in [0.4, 0.5) is 0 Å². The molecule has 4 rings (SSSR count). The Labute approximate surface area is 257 Å². The zero-order valence-corrected chi connectivity index (χ0v) is 26.3. The van der Waals surface area contributed by atoms with Crippen molar-refractivity contribution in [3.05, 3.63) is 113 Å². The number of benzene rings is 3. The average molecular weight is 586 g/mol. The third-order valence-electron chi connectivity index (χ3n) is 6.53. The summed E-state index contributed by atoms with van der Waals surface area (Å²) in [4.78, 5) is 10.6. The lowest BCUT2D eigenvalue weighted by Crippen LogP contribution is -2.04. The summed E-state index contributed by atoms with van der Waals surface area (Å²) in [6.45, 7) is 7.76. The lowest BCUT2D eigenvalue weighted by molar-refractivity contribution is -0.104. The zero-order chi connectivity index (χ0) is 31.3. The van der Waals surface area contributed by atoms with Gasteiger partial charge in [0.15, 0.2) is 23.0 Å². The van der Waals surface area contributed by atoms with E-state index >= 15 is 0 Å². The van der Waals surface area contributed by atoms with Crippen LogP contribution in [-0.2, 0) is 24.2 Å². The molecule has 0 saturated heterocycles. The van der Waals surface area contributed by atoms with Gasteiger partial charge >= 0.3 is 0 Å². The summed E-state index contributed by atoms with van der Waals surface area (Å²) in [7, 11) is 3.29. The van der Waals surface area contributed by atoms with Gasteiger partial charge in [-0.3, -0.25) is 4.79 Å². The molecular weight excluding hydrogens is 538 g/mol. The minimum atomic E-state index is 0.523. The number of carbonyl (C=O) groups excluding carboxylic acids is 1. The Morgan fingerprint density at radius 2 is 1.53 bits per heavy atom. The number of aldehydes is 1. The normalized spacial score (nSPS) is 11.8. The average Bonchev–Trinajstić information content (AvgIpc) is 3.07. The van der Waals surface area contributed by atoms with E-state index in [1.807, 2.05) is 74.5 Å². The molecule has 1 aliphatic carbocycles. The van der Waals surface area contributed by atoms with Crippen molar-refractivity contribution in [2.45, 2.75) is 53.1 Å². The van der Waals surface area contributed by atoms with Crippen molar-refractivity contribution in [3.63, 3.8) is 0 Å². The third kappa shape index (κ3) is 11.8. The number of aryl methyl sites for hydroxylation is 1. The molecule has 0 saturated carbocycles. The van der Waals surface area contributed by atoms with Gasteiger partial charge in [-0.25, -0.2) is 0 Å². The Morgan fingerprint density at radius 3 is 2.16 bits per heavy atom. The number of methoxy groups -OCH3 is 2. The lowest BCUT2D eigenvalue weighted by atomic mass is 10.0. The van der Waals surface area contributed by atoms with Crippen LogP contribution in [0.3, 0.4) is 0 Å². The molecule has 2 N–H and O–H groups in total. The van der Waals surface area contributed by atoms with Crippen LogP contribution in [0.5, 0.6) is 23.0 Å². The van der Waals surface area contributed by atoms with Crippen molar-refractivity contribution in [1.29, 1.82) is 0 Å². The Balaban J connectivity index is 0.000000286. The molecule has 3 aromatic rings. The molecule has 0 atom stereocenters. The van der Waals surface area contributed by atoms with Crippen molar-refractivity contribution in [2.75, 3.05) is 27.4 Å². The quantitative estimate of drug-likeness (QED) is 0.162. The summed E-state index contributed by atoms with van der Waals surface area (Å²) in [5, 5.41) is 0. The SMILES string of the molecule is CC.CCc1cc(OC)c(OCC2=CCCC=C2)cc1/C=C/C=O.COc1ccc(CCN)cc1OCc1ccccc1. The summed E-state index contributed by atoms with van der Waals surface area (Å²) in [6, 6.07) is 19.9. The number of hydrogen-bond acceptors (Lipinski definition) is 6. The van der Waals surface area contributed by atoms with Gasteiger partial charge in [0.2, 0.25) is 0 Å². The van der Waals surface area contributed by atoms with Gasteiger partial charge in [0.25, 0.3) is 0 Å². The number of ether oxygens (including phenoxy) is 4. The highest BCUT2D eigenvalue weighted by Gasteiger charge is 2.11. The van der Waals surface area contributed by atoms with E-state index in [1.165, 1.54) is 11.6 Å². The largest absolute Gasteiger partial charge is 0.493 e. The summed E-state index contributed by atoms with van der Waals surface area (Å²) < 4.78 is 22.5. The van der Waals surface area contributed by atoms with Crippen LogP contribution in [0, 0.1) is 0 Å². The van der Waals surface area contributed by atoms with E-state index in [1.54, 1.807) is 20.3 Å². The topological polar surface area (TPSA) is 80.0 Å². The minimum Gasteiger partial charge on any atom is -0.493 e. The van der Waals surface area contributed by atoms with E-state index in [9.17, 15) is 4.79 Å². The van der Waals surface area contributed by atoms with Crippen molar-refractivity contribution < 1.29 is 23.7 Å². The van der Waals surface area contributed by atoms with Gasteiger partial charge in [-0.1, -0.05) is 81.5 Å². The maximum Gasteiger partial charge on any atom is 0.162 e. The molecular formula is C37H47NO5. The lowest BCUT2D eigenvalue weighted by Gasteiger charge is -2.15. The number of hydrogen-bond donors (Lipinski definition) is 1. The highest BCUT2D eigenvalue weighted by molar-refractivity contribution is 5.75. The maximum atomic E-state index is 10.6. The minimum absolute atomic E-state index is 0.523. The molecule has 0 bridgehead atoms. The van der Waals surface area contributed by atoms with E-state index < -0.39 is 0 Å². The molecule has 0 heterocycles. The molecule has 0 amide bonds. The Hall–Kier alpha value is -4.29. The molecule has 0 spiro atoms. The molecule has 6 nitrogen and oxygen atoms in total. The van der Waals surface area contributed by atoms with Gasteiger partial charge in [-0.15, -0.1) is 0 Å². The van der Waals surface area contributed by atoms with Crippen LogP contribution in [0.25, 0.3) is 6.08 Å². The number of nitrogens with two attached hydrogens (primary N) is 1. The number of allylic oxidation sites excluding steroid dienone is 3. The van der Waals surface area contributed by atoms with Crippen molar-refractivity contribution >= 4 is 12.4 Å². The van der Waals surface area contributed by atoms with E-state index in [0.717, 1.165) is 71.5 Å². The molecule has 43 heavy (non-hydrogen) atoms. The fourth-order valence-corrected chi connectivity index (χ4v) is 4.32. The van der Waals surface area contributed by atoms with Crippen LogP contribution < -0.4 is 24.7 Å². The second kappa shape index (κ2) is 20.6. The van der Waals surface area contributed by atoms with Crippen molar-refractivity contribution in [2.24, 2.45) is 5.73 Å². The Morgan fingerprint density at radius 1 is 0.814 bits per heavy atom. The first-order chi connectivity index (χ1) is 21.1. The Kier molecular flexibility index (Phi) is 16.7. The van der Waals surface area contributed by atoms with Crippen LogP contribution >= 0.6 is 0 Å². The molecule has 0 aromatic heterocycles. The van der Waals surface area contributed by atoms with Gasteiger partial charge in [-0.05, 0) is 90.4 Å². The first kappa shape index (κ1) is 34.9. The zero-order valence-electron chi connectivity index (χ0n) is 26.3. The standard InChI is InChI=1S/C19H22O3.C16H19NO2.C2H6/c1-3-16-12-18(21-2)19(13-17(16)10-7-11-20)22-14-15-8-5-4-6-9-15;1-18-15-8-7-13(9-10-17)11-16(15)19-12-14-5-3-2-4-6-14;1-2/h5,7-13H,3-4,6,14H2,1-2H3;2-8,11H,9-10,12,17H2,1H3;1-2H3/b10-7+;;. The molecule has 0 fully saturated rings. The van der Waals surface area contributed by atoms with Gasteiger partial charge < -0.3 is 24.7 Å². The fraction of sp³-hybridized carbons (Fsp3) is 0.324. The van der Waals surface area contributed by atoms with E-state index in [4.69, 9.17) is 24.7 Å². The molecule has 6 heteroatoms. The van der Waals surface area contributed by atoms with E-state index in [-0.39, 0.29) is 0 Å². The predicted molar refractivity (Wildman–Crippen MR) is 177 cm³/mol. The van der Waals surface area contributed by atoms with Crippen LogP contribution in [0.1, 0.15) is 55.9 Å². The molecule has 0 aliphatic heterocycles. The second-order valence-corrected chi connectivity index (χ2v) is 9.40. The van der Waals surface area contributed by atoms with E-state index in [2.05, 4.69) is 25.2 Å². The van der Waals surface area contributed by atoms with Gasteiger partial charge in [-0.2, -0.15) is 0 Å². The smallest absolute Gasteiger partial charge is 0.162 e. The highest BCUT2D eigenvalue weighted by Crippen LogP contribution is 2.32. The Bertz CT molecular complexity index is 1330. The number of rotatable bonds is 13. The molecule has 0 unspecified atom stereocenters. The van der Waals surface area contributed by atoms with Gasteiger partial charge in [0, 0.05) is 0 Å². The van der Waals surface area contributed by atoms with E-state index in [0.29, 0.717) is 25.5 Å². The highest BCUT2D eigenvalue weighted by atomic mass is 16.5. The first-order valence-electron chi connectivity index (χ1n) is 15.0. The second-order valence-electron chi connectivity index (χ2n) is 9.40. The van der Waals surface area contributed by atoms with Gasteiger partial charge in [0.05, 0.1) is 14.2 Å². The van der Waals surface area contributed by atoms with Crippen LogP contribution in [0.15, 0.2) is 90.5 Å². The summed E-state index contributed by atoms with van der Waals surface area (Å²) in [5.74, 6) is 2.93. The monoisotopic (exact) mass is 585 g/mol. The molecule has 3 aromatic carbocycles. The fourth-order valence-electron chi connectivity index (χ4n) is 4.32. The van der Waals surface area contributed by atoms with Crippen LogP contribution in [-0.4, -0.2) is 33.7 Å². The van der Waals surface area contributed by atoms with Gasteiger partial charge in [0.1, 0.15) is 19.5 Å². The summed E-state index contributed by atoms with van der Waals surface area (Å²) in [6.07, 6.45) is 14.4.